The summed E-state index contributed by atoms with van der Waals surface area (Å²) in [5.41, 5.74) is 6.50. The Morgan fingerprint density at radius 2 is 1.62 bits per heavy atom. The number of hydrogen-bond acceptors (Lipinski definition) is 6. The number of azo groups is 1. The lowest BCUT2D eigenvalue weighted by Crippen LogP contribution is -1.99. The van der Waals surface area contributed by atoms with Crippen LogP contribution in [0.2, 0.25) is 0 Å². The molecular formula is C16H13N3O4S. The molecule has 0 saturated carbocycles. The van der Waals surface area contributed by atoms with Crippen molar-refractivity contribution in [3.8, 4) is 5.75 Å². The summed E-state index contributed by atoms with van der Waals surface area (Å²) in [4.78, 5) is -0.544. The molecule has 4 N–H and O–H groups in total. The number of anilines is 1. The second kappa shape index (κ2) is 5.91. The minimum absolute atomic E-state index is 0.0959. The molecule has 0 heterocycles. The average molecular weight is 343 g/mol. The number of phenolic OH excluding ortho intramolecular Hbond substituents is 1. The van der Waals surface area contributed by atoms with E-state index in [4.69, 9.17) is 5.73 Å². The van der Waals surface area contributed by atoms with Gasteiger partial charge in [0.25, 0.3) is 10.1 Å². The Labute approximate surface area is 137 Å². The van der Waals surface area contributed by atoms with Crippen LogP contribution in [0, 0.1) is 0 Å². The van der Waals surface area contributed by atoms with Crippen LogP contribution in [0.15, 0.2) is 69.7 Å². The number of phenols is 1. The average Bonchev–Trinajstić information content (AvgIpc) is 2.53. The van der Waals surface area contributed by atoms with Crippen LogP contribution < -0.4 is 5.73 Å². The van der Waals surface area contributed by atoms with E-state index >= 15 is 0 Å². The third-order valence-corrected chi connectivity index (χ3v) is 4.24. The lowest BCUT2D eigenvalue weighted by Gasteiger charge is -2.09. The van der Waals surface area contributed by atoms with E-state index in [0.717, 1.165) is 6.07 Å². The summed E-state index contributed by atoms with van der Waals surface area (Å²) < 4.78 is 32.8. The van der Waals surface area contributed by atoms with Crippen molar-refractivity contribution in [2.75, 3.05) is 5.73 Å². The first-order valence-corrected chi connectivity index (χ1v) is 8.30. The molecule has 0 aliphatic heterocycles. The highest BCUT2D eigenvalue weighted by atomic mass is 32.2. The molecule has 0 bridgehead atoms. The van der Waals surface area contributed by atoms with Gasteiger partial charge in [-0.15, -0.1) is 5.11 Å². The van der Waals surface area contributed by atoms with Gasteiger partial charge in [0.2, 0.25) is 0 Å². The van der Waals surface area contributed by atoms with Gasteiger partial charge in [0.05, 0.1) is 5.69 Å². The molecular weight excluding hydrogens is 330 g/mol. The van der Waals surface area contributed by atoms with Crippen LogP contribution in [-0.4, -0.2) is 18.1 Å². The molecule has 3 aromatic carbocycles. The van der Waals surface area contributed by atoms with Crippen molar-refractivity contribution in [1.29, 1.82) is 0 Å². The topological polar surface area (TPSA) is 125 Å². The maximum absolute atomic E-state index is 11.7. The van der Waals surface area contributed by atoms with Crippen molar-refractivity contribution in [2.24, 2.45) is 10.2 Å². The number of hydrogen-bond donors (Lipinski definition) is 3. The van der Waals surface area contributed by atoms with Crippen LogP contribution in [-0.2, 0) is 10.1 Å². The Morgan fingerprint density at radius 1 is 0.917 bits per heavy atom. The maximum Gasteiger partial charge on any atom is 0.296 e. The fraction of sp³-hybridized carbons (Fsp3) is 0. The highest BCUT2D eigenvalue weighted by Gasteiger charge is 2.21. The third kappa shape index (κ3) is 3.05. The molecule has 0 aliphatic rings. The van der Waals surface area contributed by atoms with E-state index in [1.165, 1.54) is 12.1 Å². The summed E-state index contributed by atoms with van der Waals surface area (Å²) in [6.45, 7) is 0. The van der Waals surface area contributed by atoms with Gasteiger partial charge in [-0.1, -0.05) is 18.2 Å². The summed E-state index contributed by atoms with van der Waals surface area (Å²) in [5.74, 6) is -0.309. The van der Waals surface area contributed by atoms with E-state index in [2.05, 4.69) is 10.2 Å². The first-order valence-electron chi connectivity index (χ1n) is 6.86. The SMILES string of the molecule is Nc1ccc2c(O)cc(S(=O)(=O)O)c(/N=N/c3ccccc3)c2c1. The highest BCUT2D eigenvalue weighted by molar-refractivity contribution is 7.86. The fourth-order valence-corrected chi connectivity index (χ4v) is 2.94. The lowest BCUT2D eigenvalue weighted by atomic mass is 10.1. The molecule has 3 rings (SSSR count). The largest absolute Gasteiger partial charge is 0.507 e. The Morgan fingerprint density at radius 3 is 2.29 bits per heavy atom. The Bertz CT molecular complexity index is 1050. The molecule has 0 saturated heterocycles. The molecule has 0 aromatic heterocycles. The zero-order valence-corrected chi connectivity index (χ0v) is 13.1. The van der Waals surface area contributed by atoms with E-state index in [9.17, 15) is 18.1 Å². The van der Waals surface area contributed by atoms with Gasteiger partial charge in [-0.3, -0.25) is 4.55 Å². The monoisotopic (exact) mass is 343 g/mol. The molecule has 0 atom stereocenters. The maximum atomic E-state index is 11.7. The van der Waals surface area contributed by atoms with E-state index in [-0.39, 0.29) is 16.8 Å². The van der Waals surface area contributed by atoms with Crippen LogP contribution in [0.1, 0.15) is 0 Å². The molecule has 7 nitrogen and oxygen atoms in total. The van der Waals surface area contributed by atoms with E-state index in [1.807, 2.05) is 0 Å². The molecule has 8 heteroatoms. The predicted molar refractivity (Wildman–Crippen MR) is 90.5 cm³/mol. The summed E-state index contributed by atoms with van der Waals surface area (Å²) in [6.07, 6.45) is 0. The zero-order valence-electron chi connectivity index (χ0n) is 12.3. The van der Waals surface area contributed by atoms with Gasteiger partial charge in [0.1, 0.15) is 16.3 Å². The molecule has 24 heavy (non-hydrogen) atoms. The quantitative estimate of drug-likeness (QED) is 0.379. The third-order valence-electron chi connectivity index (χ3n) is 3.38. The van der Waals surface area contributed by atoms with Crippen molar-refractivity contribution in [1.82, 2.24) is 0 Å². The fourth-order valence-electron chi connectivity index (χ4n) is 2.29. The first kappa shape index (κ1) is 15.9. The molecule has 0 spiro atoms. The molecule has 122 valence electrons. The Hall–Kier alpha value is -2.97. The van der Waals surface area contributed by atoms with Gasteiger partial charge in [0.15, 0.2) is 0 Å². The van der Waals surface area contributed by atoms with Gasteiger partial charge in [0, 0.05) is 22.5 Å². The number of fused-ring (bicyclic) bond motifs is 1. The molecule has 0 aliphatic carbocycles. The van der Waals surface area contributed by atoms with Gasteiger partial charge >= 0.3 is 0 Å². The van der Waals surface area contributed by atoms with Crippen LogP contribution in [0.3, 0.4) is 0 Å². The van der Waals surface area contributed by atoms with E-state index < -0.39 is 15.0 Å². The number of nitrogens with two attached hydrogens (primary N) is 1. The zero-order chi connectivity index (χ0) is 17.3. The summed E-state index contributed by atoms with van der Waals surface area (Å²) in [7, 11) is -4.62. The van der Waals surface area contributed by atoms with Crippen molar-refractivity contribution in [3.63, 3.8) is 0 Å². The highest BCUT2D eigenvalue weighted by Crippen LogP contribution is 2.40. The number of benzene rings is 3. The number of nitrogen functional groups attached to an aromatic ring is 1. The number of aromatic hydroxyl groups is 1. The molecule has 0 unspecified atom stereocenters. The second-order valence-electron chi connectivity index (χ2n) is 5.06. The molecule has 0 radical (unpaired) electrons. The van der Waals surface area contributed by atoms with Crippen LogP contribution in [0.25, 0.3) is 10.8 Å². The first-order chi connectivity index (χ1) is 11.4. The molecule has 3 aromatic rings. The summed E-state index contributed by atoms with van der Waals surface area (Å²) in [5, 5.41) is 18.6. The lowest BCUT2D eigenvalue weighted by molar-refractivity contribution is 0.471. The molecule has 0 fully saturated rings. The van der Waals surface area contributed by atoms with Crippen molar-refractivity contribution < 1.29 is 18.1 Å². The second-order valence-corrected chi connectivity index (χ2v) is 6.45. The minimum Gasteiger partial charge on any atom is -0.507 e. The standard InChI is InChI=1S/C16H13N3O4S/c17-10-6-7-12-13(8-10)16(15(9-14(12)20)24(21,22)23)19-18-11-4-2-1-3-5-11/h1-9,20H,17H2,(H,21,22,23)/b19-18+. The van der Waals surface area contributed by atoms with Gasteiger partial charge in [-0.2, -0.15) is 13.5 Å². The van der Waals surface area contributed by atoms with Crippen molar-refractivity contribution in [2.45, 2.75) is 4.90 Å². The predicted octanol–water partition coefficient (Wildman–Crippen LogP) is 3.79. The van der Waals surface area contributed by atoms with Crippen LogP contribution in [0.5, 0.6) is 5.75 Å². The minimum atomic E-state index is -4.62. The van der Waals surface area contributed by atoms with E-state index in [0.29, 0.717) is 16.8 Å². The summed E-state index contributed by atoms with van der Waals surface area (Å²) >= 11 is 0. The molecule has 0 amide bonds. The van der Waals surface area contributed by atoms with Crippen LogP contribution in [0.4, 0.5) is 17.1 Å². The summed E-state index contributed by atoms with van der Waals surface area (Å²) in [6, 6.07) is 14.2. The van der Waals surface area contributed by atoms with E-state index in [1.54, 1.807) is 36.4 Å². The smallest absolute Gasteiger partial charge is 0.296 e. The van der Waals surface area contributed by atoms with Crippen molar-refractivity contribution >= 4 is 38.0 Å². The normalized spacial score (nSPS) is 12.0. The van der Waals surface area contributed by atoms with Crippen LogP contribution >= 0.6 is 0 Å². The van der Waals surface area contributed by atoms with Gasteiger partial charge < -0.3 is 10.8 Å². The Balaban J connectivity index is 2.32. The number of rotatable bonds is 3. The Kier molecular flexibility index (Phi) is 3.92. The van der Waals surface area contributed by atoms with Gasteiger partial charge in [-0.25, -0.2) is 0 Å². The number of nitrogens with zero attached hydrogens (tertiary/aromatic N) is 2. The van der Waals surface area contributed by atoms with Crippen molar-refractivity contribution in [3.05, 3.63) is 54.6 Å². The van der Waals surface area contributed by atoms with Gasteiger partial charge in [-0.05, 0) is 30.3 Å².